The maximum absolute atomic E-state index is 10.9. The molecule has 1 aliphatic heterocycles. The van der Waals surface area contributed by atoms with Gasteiger partial charge in [0.15, 0.2) is 0 Å². The maximum Gasteiger partial charge on any atom is 0.306 e. The van der Waals surface area contributed by atoms with Crippen LogP contribution in [-0.4, -0.2) is 52.7 Å². The summed E-state index contributed by atoms with van der Waals surface area (Å²) in [7, 11) is 1.58. The molecule has 0 radical (unpaired) electrons. The molecule has 0 unspecified atom stereocenters. The zero-order valence-corrected chi connectivity index (χ0v) is 11.2. The third-order valence-electron chi connectivity index (χ3n) is 3.77. The molecule has 110 valence electrons. The van der Waals surface area contributed by atoms with Crippen molar-refractivity contribution >= 4 is 5.97 Å². The quantitative estimate of drug-likeness (QED) is 0.595. The molecule has 1 saturated heterocycles. The molecule has 0 amide bonds. The Labute approximate surface area is 117 Å². The lowest BCUT2D eigenvalue weighted by Crippen LogP contribution is -2.51. The van der Waals surface area contributed by atoms with Gasteiger partial charge in [-0.05, 0) is 24.1 Å². The number of methoxy groups -OCH3 is 1. The number of carboxylic acids is 1. The summed E-state index contributed by atoms with van der Waals surface area (Å²) in [4.78, 5) is 10.9. The van der Waals surface area contributed by atoms with E-state index in [1.54, 1.807) is 19.2 Å². The number of rotatable bonds is 5. The summed E-state index contributed by atoms with van der Waals surface area (Å²) in [5.41, 5.74) is -0.715. The highest BCUT2D eigenvalue weighted by molar-refractivity contribution is 5.68. The number of ether oxygens (including phenoxy) is 1. The number of carboxylic acid groups (broad SMARTS) is 1. The van der Waals surface area contributed by atoms with Crippen LogP contribution in [0, 0.1) is 0 Å². The topological polar surface area (TPSA) is 99.0 Å². The smallest absolute Gasteiger partial charge is 0.306 e. The average Bonchev–Trinajstić information content (AvgIpc) is 2.67. The summed E-state index contributed by atoms with van der Waals surface area (Å²) in [6.07, 6.45) is -1.13. The van der Waals surface area contributed by atoms with Crippen LogP contribution in [0.5, 0.6) is 5.75 Å². The minimum Gasteiger partial charge on any atom is -0.497 e. The van der Waals surface area contributed by atoms with Gasteiger partial charge in [0.25, 0.3) is 0 Å². The predicted molar refractivity (Wildman–Crippen MR) is 71.7 cm³/mol. The Morgan fingerprint density at radius 1 is 1.45 bits per heavy atom. The van der Waals surface area contributed by atoms with Crippen molar-refractivity contribution in [2.24, 2.45) is 0 Å². The number of nitrogens with one attached hydrogen (secondary N) is 1. The van der Waals surface area contributed by atoms with Gasteiger partial charge < -0.3 is 25.4 Å². The number of aliphatic hydroxyl groups excluding tert-OH is 1. The number of β-amino-alcohol motifs (C(OH)–C–C–N with tert-alkyl or cyclic N) is 1. The molecular formula is C14H19NO5. The van der Waals surface area contributed by atoms with Crippen molar-refractivity contribution in [3.05, 3.63) is 29.8 Å². The summed E-state index contributed by atoms with van der Waals surface area (Å²) in [5.74, 6) is -0.399. The summed E-state index contributed by atoms with van der Waals surface area (Å²) < 4.78 is 5.07. The highest BCUT2D eigenvalue weighted by Gasteiger charge is 2.49. The first-order valence-electron chi connectivity index (χ1n) is 6.44. The summed E-state index contributed by atoms with van der Waals surface area (Å²) >= 11 is 0. The molecule has 0 aliphatic carbocycles. The van der Waals surface area contributed by atoms with Crippen molar-refractivity contribution in [3.63, 3.8) is 0 Å². The lowest BCUT2D eigenvalue weighted by molar-refractivity contribution is -0.147. The van der Waals surface area contributed by atoms with Gasteiger partial charge in [-0.25, -0.2) is 0 Å². The first kappa shape index (κ1) is 14.8. The van der Waals surface area contributed by atoms with Crippen LogP contribution in [0.1, 0.15) is 12.0 Å². The number of benzene rings is 1. The Morgan fingerprint density at radius 3 is 2.65 bits per heavy atom. The standard InChI is InChI=1S/C14H19NO5/c1-20-10-4-2-9(3-5-10)6-11-14(19,7-13(17)18)12(16)8-15-11/h2-5,11-12,15-16,19H,6-8H2,1H3,(H,17,18)/t11-,12+,14+/m1/s1. The van der Waals surface area contributed by atoms with Crippen LogP contribution in [0.25, 0.3) is 0 Å². The molecule has 0 bridgehead atoms. The fraction of sp³-hybridized carbons (Fsp3) is 0.500. The maximum atomic E-state index is 10.9. The molecule has 1 aliphatic rings. The molecule has 6 heteroatoms. The number of carbonyl (C=O) groups is 1. The second-order valence-electron chi connectivity index (χ2n) is 5.09. The van der Waals surface area contributed by atoms with E-state index in [-0.39, 0.29) is 6.54 Å². The summed E-state index contributed by atoms with van der Waals surface area (Å²) in [6, 6.07) is 6.81. The summed E-state index contributed by atoms with van der Waals surface area (Å²) in [5, 5.41) is 32.1. The van der Waals surface area contributed by atoms with Gasteiger partial charge in [-0.2, -0.15) is 0 Å². The SMILES string of the molecule is COc1ccc(C[C@H]2NC[C@H](O)[C@]2(O)CC(=O)O)cc1. The zero-order valence-electron chi connectivity index (χ0n) is 11.2. The number of aliphatic carboxylic acids is 1. The van der Waals surface area contributed by atoms with Crippen LogP contribution < -0.4 is 10.1 Å². The third-order valence-corrected chi connectivity index (χ3v) is 3.77. The van der Waals surface area contributed by atoms with Crippen LogP contribution in [0.2, 0.25) is 0 Å². The lowest BCUT2D eigenvalue weighted by Gasteiger charge is -2.30. The highest BCUT2D eigenvalue weighted by atomic mass is 16.5. The van der Waals surface area contributed by atoms with Crippen LogP contribution in [-0.2, 0) is 11.2 Å². The minimum atomic E-state index is -1.65. The second-order valence-corrected chi connectivity index (χ2v) is 5.09. The van der Waals surface area contributed by atoms with Gasteiger partial charge in [-0.3, -0.25) is 4.79 Å². The van der Waals surface area contributed by atoms with Crippen LogP contribution >= 0.6 is 0 Å². The van der Waals surface area contributed by atoms with Gasteiger partial charge in [0.1, 0.15) is 11.4 Å². The van der Waals surface area contributed by atoms with Crippen molar-refractivity contribution in [3.8, 4) is 5.75 Å². The van der Waals surface area contributed by atoms with E-state index in [0.717, 1.165) is 11.3 Å². The fourth-order valence-corrected chi connectivity index (χ4v) is 2.57. The van der Waals surface area contributed by atoms with Gasteiger partial charge in [0.05, 0.1) is 19.6 Å². The molecule has 6 nitrogen and oxygen atoms in total. The molecule has 1 aromatic carbocycles. The zero-order chi connectivity index (χ0) is 14.8. The van der Waals surface area contributed by atoms with E-state index in [0.29, 0.717) is 6.42 Å². The molecule has 20 heavy (non-hydrogen) atoms. The molecule has 0 spiro atoms. The third kappa shape index (κ3) is 2.92. The van der Waals surface area contributed by atoms with Crippen molar-refractivity contribution in [2.45, 2.75) is 30.6 Å². The van der Waals surface area contributed by atoms with Gasteiger partial charge in [-0.15, -0.1) is 0 Å². The van der Waals surface area contributed by atoms with E-state index < -0.39 is 30.1 Å². The van der Waals surface area contributed by atoms with Gasteiger partial charge in [0.2, 0.25) is 0 Å². The van der Waals surface area contributed by atoms with Crippen molar-refractivity contribution in [2.75, 3.05) is 13.7 Å². The lowest BCUT2D eigenvalue weighted by atomic mass is 9.85. The molecule has 3 atom stereocenters. The van der Waals surface area contributed by atoms with Crippen LogP contribution in [0.4, 0.5) is 0 Å². The van der Waals surface area contributed by atoms with E-state index in [1.165, 1.54) is 0 Å². The van der Waals surface area contributed by atoms with Crippen molar-refractivity contribution in [1.82, 2.24) is 5.32 Å². The highest BCUT2D eigenvalue weighted by Crippen LogP contribution is 2.28. The van der Waals surface area contributed by atoms with Crippen LogP contribution in [0.15, 0.2) is 24.3 Å². The van der Waals surface area contributed by atoms with E-state index in [4.69, 9.17) is 9.84 Å². The monoisotopic (exact) mass is 281 g/mol. The predicted octanol–water partition coefficient (Wildman–Crippen LogP) is -0.224. The summed E-state index contributed by atoms with van der Waals surface area (Å²) in [6.45, 7) is 0.185. The van der Waals surface area contributed by atoms with E-state index in [9.17, 15) is 15.0 Å². The average molecular weight is 281 g/mol. The van der Waals surface area contributed by atoms with E-state index >= 15 is 0 Å². The molecule has 1 heterocycles. The first-order chi connectivity index (χ1) is 9.45. The Bertz CT molecular complexity index is 475. The van der Waals surface area contributed by atoms with Crippen LogP contribution in [0.3, 0.4) is 0 Å². The van der Waals surface area contributed by atoms with E-state index in [2.05, 4.69) is 5.32 Å². The van der Waals surface area contributed by atoms with Gasteiger partial charge in [-0.1, -0.05) is 12.1 Å². The molecule has 2 rings (SSSR count). The molecule has 4 N–H and O–H groups in total. The van der Waals surface area contributed by atoms with E-state index in [1.807, 2.05) is 12.1 Å². The Kier molecular flexibility index (Phi) is 4.27. The van der Waals surface area contributed by atoms with Crippen molar-refractivity contribution in [1.29, 1.82) is 0 Å². The fourth-order valence-electron chi connectivity index (χ4n) is 2.57. The number of hydrogen-bond acceptors (Lipinski definition) is 5. The molecule has 0 saturated carbocycles. The molecule has 0 aromatic heterocycles. The largest absolute Gasteiger partial charge is 0.497 e. The Hall–Kier alpha value is -1.63. The number of hydrogen-bond donors (Lipinski definition) is 4. The van der Waals surface area contributed by atoms with Gasteiger partial charge >= 0.3 is 5.97 Å². The Balaban J connectivity index is 2.12. The first-order valence-corrected chi connectivity index (χ1v) is 6.44. The van der Waals surface area contributed by atoms with Gasteiger partial charge in [0, 0.05) is 12.6 Å². The normalized spacial score (nSPS) is 29.4. The number of aliphatic hydroxyl groups is 2. The molecular weight excluding hydrogens is 262 g/mol. The Morgan fingerprint density at radius 2 is 2.10 bits per heavy atom. The second kappa shape index (κ2) is 5.78. The minimum absolute atomic E-state index is 0.185. The van der Waals surface area contributed by atoms with Crippen molar-refractivity contribution < 1.29 is 24.9 Å². The molecule has 1 aromatic rings. The molecule has 1 fully saturated rings.